The topological polar surface area (TPSA) is 142 Å². The fourth-order valence-electron chi connectivity index (χ4n) is 3.72. The van der Waals surface area contributed by atoms with Gasteiger partial charge in [0.15, 0.2) is 11.5 Å². The van der Waals surface area contributed by atoms with Gasteiger partial charge in [0, 0.05) is 24.3 Å². The van der Waals surface area contributed by atoms with Crippen LogP contribution in [0.5, 0.6) is 0 Å². The van der Waals surface area contributed by atoms with Crippen LogP contribution in [0.3, 0.4) is 0 Å². The minimum Gasteiger partial charge on any atom is -0.393 e. The van der Waals surface area contributed by atoms with Gasteiger partial charge in [0.05, 0.1) is 11.8 Å². The lowest BCUT2D eigenvalue weighted by Gasteiger charge is -2.27. The molecule has 0 spiro atoms. The van der Waals surface area contributed by atoms with E-state index in [9.17, 15) is 14.7 Å². The Kier molecular flexibility index (Phi) is 7.06. The number of hydrogen-bond acceptors (Lipinski definition) is 7. The third-order valence-electron chi connectivity index (χ3n) is 5.55. The molecular weight excluding hydrogens is 396 g/mol. The predicted octanol–water partition coefficient (Wildman–Crippen LogP) is 2.26. The maximum atomic E-state index is 12.1. The van der Waals surface area contributed by atoms with E-state index in [1.54, 1.807) is 19.2 Å². The molecule has 1 fully saturated rings. The molecule has 166 valence electrons. The van der Waals surface area contributed by atoms with E-state index in [0.717, 1.165) is 31.2 Å². The number of rotatable bonds is 7. The lowest BCUT2D eigenvalue weighted by atomic mass is 9.93. The molecule has 0 atom stereocenters. The molecule has 2 aromatic rings. The van der Waals surface area contributed by atoms with Gasteiger partial charge in [0.2, 0.25) is 0 Å². The molecule has 3 rings (SSSR count). The van der Waals surface area contributed by atoms with Gasteiger partial charge in [-0.25, -0.2) is 9.97 Å². The first-order valence-electron chi connectivity index (χ1n) is 10.6. The molecule has 31 heavy (non-hydrogen) atoms. The fraction of sp³-hybridized carbons (Fsp3) is 0.455. The molecule has 1 aromatic carbocycles. The molecule has 2 amide bonds. The van der Waals surface area contributed by atoms with Gasteiger partial charge >= 0.3 is 0 Å². The number of carbonyl (C=O) groups is 2. The maximum Gasteiger partial charge on any atom is 0.271 e. The molecule has 1 heterocycles. The summed E-state index contributed by atoms with van der Waals surface area (Å²) in [5.74, 6) is -0.0639. The van der Waals surface area contributed by atoms with E-state index in [4.69, 9.17) is 5.73 Å². The lowest BCUT2D eigenvalue weighted by molar-refractivity contribution is 0.0960. The van der Waals surface area contributed by atoms with Crippen LogP contribution in [-0.2, 0) is 6.42 Å². The maximum absolute atomic E-state index is 12.1. The molecule has 9 heteroatoms. The van der Waals surface area contributed by atoms with E-state index < -0.39 is 5.91 Å². The normalized spacial score (nSPS) is 18.3. The molecule has 9 nitrogen and oxygen atoms in total. The highest BCUT2D eigenvalue weighted by Crippen LogP contribution is 2.27. The molecule has 0 aliphatic heterocycles. The number of aliphatic hydroxyl groups excluding tert-OH is 1. The van der Waals surface area contributed by atoms with Crippen LogP contribution in [0.25, 0.3) is 0 Å². The number of nitrogens with one attached hydrogen (secondary N) is 3. The number of amides is 2. The standard InChI is InChI=1S/C22H30N6O3/c1-4-17-20(25-13-7-9-15(29)10-8-13)28-21(18(27-17)19(23)30)26-14-6-5-12(2)16(11-14)22(31)24-3/h5-6,11,13,15,29H,4,7-10H2,1-3H3,(H2,23,30)(H,24,31)(H2,25,26,28)/t13-,15-. The van der Waals surface area contributed by atoms with Crippen molar-refractivity contribution in [1.29, 1.82) is 0 Å². The van der Waals surface area contributed by atoms with Gasteiger partial charge in [-0.15, -0.1) is 0 Å². The van der Waals surface area contributed by atoms with Crippen molar-refractivity contribution < 1.29 is 14.7 Å². The number of anilines is 3. The highest BCUT2D eigenvalue weighted by molar-refractivity contribution is 5.98. The minimum absolute atomic E-state index is 0.0449. The van der Waals surface area contributed by atoms with Gasteiger partial charge in [-0.1, -0.05) is 13.0 Å². The number of aromatic nitrogens is 2. The molecule has 0 bridgehead atoms. The van der Waals surface area contributed by atoms with Gasteiger partial charge in [-0.05, 0) is 56.7 Å². The van der Waals surface area contributed by atoms with Crippen LogP contribution < -0.4 is 21.7 Å². The summed E-state index contributed by atoms with van der Waals surface area (Å²) in [6.07, 6.45) is 3.47. The van der Waals surface area contributed by atoms with Crippen LogP contribution >= 0.6 is 0 Å². The third kappa shape index (κ3) is 5.29. The Balaban J connectivity index is 1.95. The number of nitrogens with two attached hydrogens (primary N) is 1. The summed E-state index contributed by atoms with van der Waals surface area (Å²) >= 11 is 0. The molecule has 1 saturated carbocycles. The highest BCUT2D eigenvalue weighted by Gasteiger charge is 2.23. The summed E-state index contributed by atoms with van der Waals surface area (Å²) in [6.45, 7) is 3.79. The molecule has 6 N–H and O–H groups in total. The Hall–Kier alpha value is -3.20. The summed E-state index contributed by atoms with van der Waals surface area (Å²) < 4.78 is 0. The zero-order valence-electron chi connectivity index (χ0n) is 18.2. The van der Waals surface area contributed by atoms with Crippen molar-refractivity contribution in [3.05, 3.63) is 40.7 Å². The zero-order chi connectivity index (χ0) is 22.5. The molecule has 0 radical (unpaired) electrons. The van der Waals surface area contributed by atoms with Crippen LogP contribution in [0.1, 0.15) is 64.7 Å². The first-order valence-corrected chi connectivity index (χ1v) is 10.6. The van der Waals surface area contributed by atoms with Crippen molar-refractivity contribution in [3.63, 3.8) is 0 Å². The number of aryl methyl sites for hydroxylation is 2. The average Bonchev–Trinajstić information content (AvgIpc) is 2.76. The SMILES string of the molecule is CCc1nc(C(N)=O)c(Nc2ccc(C)c(C(=O)NC)c2)nc1N[C@H]1CC[C@H](O)CC1. The number of aliphatic hydroxyl groups is 1. The summed E-state index contributed by atoms with van der Waals surface area (Å²) in [6, 6.07) is 5.49. The van der Waals surface area contributed by atoms with Gasteiger partial charge in [0.25, 0.3) is 11.8 Å². The predicted molar refractivity (Wildman–Crippen MR) is 120 cm³/mol. The monoisotopic (exact) mass is 426 g/mol. The highest BCUT2D eigenvalue weighted by atomic mass is 16.3. The number of carbonyl (C=O) groups excluding carboxylic acids is 2. The molecular formula is C22H30N6O3. The van der Waals surface area contributed by atoms with E-state index in [-0.39, 0.29) is 29.6 Å². The van der Waals surface area contributed by atoms with Crippen molar-refractivity contribution in [2.75, 3.05) is 17.7 Å². The van der Waals surface area contributed by atoms with Crippen molar-refractivity contribution in [1.82, 2.24) is 15.3 Å². The van der Waals surface area contributed by atoms with Gasteiger partial charge in [-0.2, -0.15) is 0 Å². The second-order valence-electron chi connectivity index (χ2n) is 7.82. The second kappa shape index (κ2) is 9.74. The van der Waals surface area contributed by atoms with E-state index >= 15 is 0 Å². The van der Waals surface area contributed by atoms with Crippen LogP contribution in [0.15, 0.2) is 18.2 Å². The Morgan fingerprint density at radius 2 is 1.87 bits per heavy atom. The summed E-state index contributed by atoms with van der Waals surface area (Å²) in [5, 5.41) is 18.9. The summed E-state index contributed by atoms with van der Waals surface area (Å²) in [5.41, 5.74) is 8.21. The third-order valence-corrected chi connectivity index (χ3v) is 5.55. The molecule has 1 aliphatic carbocycles. The van der Waals surface area contributed by atoms with Crippen LogP contribution in [0, 0.1) is 6.92 Å². The van der Waals surface area contributed by atoms with Crippen molar-refractivity contribution in [2.24, 2.45) is 5.73 Å². The minimum atomic E-state index is -0.685. The number of hydrogen-bond donors (Lipinski definition) is 5. The lowest BCUT2D eigenvalue weighted by Crippen LogP contribution is -2.29. The number of primary amides is 1. The van der Waals surface area contributed by atoms with Gasteiger partial charge in [-0.3, -0.25) is 9.59 Å². The van der Waals surface area contributed by atoms with Gasteiger partial charge < -0.3 is 26.8 Å². The number of benzene rings is 1. The van der Waals surface area contributed by atoms with Crippen LogP contribution in [0.2, 0.25) is 0 Å². The molecule has 0 unspecified atom stereocenters. The summed E-state index contributed by atoms with van der Waals surface area (Å²) in [7, 11) is 1.57. The van der Waals surface area contributed by atoms with E-state index in [1.807, 2.05) is 19.9 Å². The first kappa shape index (κ1) is 22.5. The van der Waals surface area contributed by atoms with Crippen LogP contribution in [0.4, 0.5) is 17.3 Å². The molecule has 1 aromatic heterocycles. The van der Waals surface area contributed by atoms with E-state index in [0.29, 0.717) is 29.2 Å². The van der Waals surface area contributed by atoms with Gasteiger partial charge in [0.1, 0.15) is 5.82 Å². The number of nitrogens with zero attached hydrogens (tertiary/aromatic N) is 2. The largest absolute Gasteiger partial charge is 0.393 e. The van der Waals surface area contributed by atoms with Crippen LogP contribution in [-0.4, -0.2) is 46.1 Å². The van der Waals surface area contributed by atoms with Crippen molar-refractivity contribution in [3.8, 4) is 0 Å². The van der Waals surface area contributed by atoms with Crippen molar-refractivity contribution >= 4 is 29.1 Å². The molecule has 0 saturated heterocycles. The van der Waals surface area contributed by atoms with E-state index in [1.165, 1.54) is 0 Å². The summed E-state index contributed by atoms with van der Waals surface area (Å²) in [4.78, 5) is 33.3. The smallest absolute Gasteiger partial charge is 0.271 e. The second-order valence-corrected chi connectivity index (χ2v) is 7.82. The Labute approximate surface area is 181 Å². The fourth-order valence-corrected chi connectivity index (χ4v) is 3.72. The Bertz CT molecular complexity index is 970. The Morgan fingerprint density at radius 3 is 2.48 bits per heavy atom. The first-order chi connectivity index (χ1) is 14.8. The molecule has 1 aliphatic rings. The van der Waals surface area contributed by atoms with Crippen molar-refractivity contribution in [2.45, 2.75) is 58.1 Å². The quantitative estimate of drug-likeness (QED) is 0.457. The Morgan fingerprint density at radius 1 is 1.16 bits per heavy atom. The average molecular weight is 427 g/mol. The van der Waals surface area contributed by atoms with E-state index in [2.05, 4.69) is 25.9 Å². The zero-order valence-corrected chi connectivity index (χ0v) is 18.2.